The minimum atomic E-state index is -0.0277. The van der Waals surface area contributed by atoms with E-state index >= 15 is 0 Å². The van der Waals surface area contributed by atoms with Crippen LogP contribution in [0.2, 0.25) is 0 Å². The average molecular weight is 449 g/mol. The maximum absolute atomic E-state index is 5.92. The zero-order valence-corrected chi connectivity index (χ0v) is 19.0. The van der Waals surface area contributed by atoms with Gasteiger partial charge in [0.2, 0.25) is 0 Å². The predicted octanol–water partition coefficient (Wildman–Crippen LogP) is 4.24. The molecule has 0 saturated carbocycles. The molecule has 2 aliphatic heterocycles. The number of thiocarbonyl (C=S) groups is 1. The monoisotopic (exact) mass is 448 g/mol. The molecule has 7 heteroatoms. The molecule has 0 radical (unpaired) electrons. The lowest BCUT2D eigenvalue weighted by Gasteiger charge is -2.29. The summed E-state index contributed by atoms with van der Waals surface area (Å²) in [5.74, 6) is 0.851. The lowest BCUT2D eigenvalue weighted by molar-refractivity contribution is 0.0953. The molecule has 3 atom stereocenters. The Morgan fingerprint density at radius 3 is 2.75 bits per heavy atom. The molecule has 0 spiro atoms. The third kappa shape index (κ3) is 4.23. The first-order valence-corrected chi connectivity index (χ1v) is 11.5. The van der Waals surface area contributed by atoms with E-state index in [2.05, 4.69) is 56.3 Å². The Hall–Kier alpha value is -2.90. The van der Waals surface area contributed by atoms with E-state index in [1.54, 1.807) is 7.11 Å². The smallest absolute Gasteiger partial charge is 0.170 e. The van der Waals surface area contributed by atoms with Gasteiger partial charge in [0, 0.05) is 37.8 Å². The first kappa shape index (κ1) is 21.0. The third-order valence-corrected chi connectivity index (χ3v) is 6.65. The van der Waals surface area contributed by atoms with Crippen LogP contribution in [0.15, 0.2) is 67.0 Å². The average Bonchev–Trinajstić information content (AvgIpc) is 3.57. The summed E-state index contributed by atoms with van der Waals surface area (Å²) in [6, 6.07) is 18.5. The largest absolute Gasteiger partial charge is 0.497 e. The van der Waals surface area contributed by atoms with Gasteiger partial charge in [0.15, 0.2) is 5.11 Å². The van der Waals surface area contributed by atoms with E-state index in [0.29, 0.717) is 6.54 Å². The number of nitrogens with one attached hydrogen (secondary N) is 1. The highest BCUT2D eigenvalue weighted by atomic mass is 32.1. The van der Waals surface area contributed by atoms with E-state index in [1.165, 1.54) is 11.3 Å². The van der Waals surface area contributed by atoms with E-state index in [4.69, 9.17) is 21.7 Å². The van der Waals surface area contributed by atoms with Crippen LogP contribution >= 0.6 is 12.2 Å². The second-order valence-corrected chi connectivity index (χ2v) is 8.71. The van der Waals surface area contributed by atoms with Gasteiger partial charge >= 0.3 is 0 Å². The summed E-state index contributed by atoms with van der Waals surface area (Å²) in [6.45, 7) is 2.42. The molecule has 0 bridgehead atoms. The maximum Gasteiger partial charge on any atom is 0.170 e. The minimum absolute atomic E-state index is 0.0240. The zero-order valence-electron chi connectivity index (χ0n) is 18.2. The SMILES string of the molecule is COc1ccc(CN2C(=S)N[C@H](c3ccccn3)[C@H]2c2cccn2C[C@H]2CCCO2)cc1. The molecule has 2 aliphatic rings. The topological polar surface area (TPSA) is 51.5 Å². The summed E-state index contributed by atoms with van der Waals surface area (Å²) in [5, 5.41) is 4.29. The van der Waals surface area contributed by atoms with Crippen molar-refractivity contribution >= 4 is 17.3 Å². The highest BCUT2D eigenvalue weighted by Crippen LogP contribution is 2.40. The van der Waals surface area contributed by atoms with Crippen molar-refractivity contribution < 1.29 is 9.47 Å². The van der Waals surface area contributed by atoms with E-state index in [-0.39, 0.29) is 18.2 Å². The van der Waals surface area contributed by atoms with Crippen molar-refractivity contribution in [2.45, 2.75) is 44.1 Å². The second-order valence-electron chi connectivity index (χ2n) is 8.32. The van der Waals surface area contributed by atoms with Crippen LogP contribution in [-0.4, -0.2) is 39.4 Å². The van der Waals surface area contributed by atoms with Crippen LogP contribution < -0.4 is 10.1 Å². The number of pyridine rings is 1. The fourth-order valence-corrected chi connectivity index (χ4v) is 5.00. The molecule has 2 saturated heterocycles. The molecule has 0 aliphatic carbocycles. The zero-order chi connectivity index (χ0) is 21.9. The highest BCUT2D eigenvalue weighted by Gasteiger charge is 2.41. The van der Waals surface area contributed by atoms with Crippen molar-refractivity contribution in [3.8, 4) is 5.75 Å². The van der Waals surface area contributed by atoms with E-state index < -0.39 is 0 Å². The first-order chi connectivity index (χ1) is 15.7. The van der Waals surface area contributed by atoms with Crippen LogP contribution in [0.1, 0.15) is 41.9 Å². The first-order valence-electron chi connectivity index (χ1n) is 11.1. The van der Waals surface area contributed by atoms with Crippen LogP contribution in [0, 0.1) is 0 Å². The van der Waals surface area contributed by atoms with Crippen LogP contribution in [0.4, 0.5) is 0 Å². The number of methoxy groups -OCH3 is 1. The number of aromatic nitrogens is 2. The van der Waals surface area contributed by atoms with Crippen LogP contribution in [-0.2, 0) is 17.8 Å². The molecule has 1 aromatic carbocycles. The van der Waals surface area contributed by atoms with Gasteiger partial charge in [-0.1, -0.05) is 18.2 Å². The summed E-state index contributed by atoms with van der Waals surface area (Å²) in [7, 11) is 1.68. The Kier molecular flexibility index (Phi) is 6.10. The summed E-state index contributed by atoms with van der Waals surface area (Å²) in [6.07, 6.45) is 6.51. The quantitative estimate of drug-likeness (QED) is 0.546. The van der Waals surface area contributed by atoms with Gasteiger partial charge < -0.3 is 24.3 Å². The lowest BCUT2D eigenvalue weighted by atomic mass is 10.0. The molecule has 0 unspecified atom stereocenters. The van der Waals surface area contributed by atoms with Crippen molar-refractivity contribution in [1.82, 2.24) is 19.8 Å². The minimum Gasteiger partial charge on any atom is -0.497 e. The molecular formula is C25H28N4O2S. The van der Waals surface area contributed by atoms with Crippen molar-refractivity contribution in [2.75, 3.05) is 13.7 Å². The molecule has 6 nitrogen and oxygen atoms in total. The van der Waals surface area contributed by atoms with Crippen LogP contribution in [0.25, 0.3) is 0 Å². The number of rotatable bonds is 7. The van der Waals surface area contributed by atoms with Crippen LogP contribution in [0.3, 0.4) is 0 Å². The van der Waals surface area contributed by atoms with E-state index in [9.17, 15) is 0 Å². The van der Waals surface area contributed by atoms with Gasteiger partial charge in [-0.2, -0.15) is 0 Å². The number of nitrogens with zero attached hydrogens (tertiary/aromatic N) is 3. The maximum atomic E-state index is 5.92. The van der Waals surface area contributed by atoms with Gasteiger partial charge in [-0.3, -0.25) is 4.98 Å². The standard InChI is InChI=1S/C25H28N4O2S/c1-30-19-11-9-18(10-12-19)16-29-24(23(27-25(29)32)21-7-2-3-13-26-21)22-8-4-14-28(22)17-20-6-5-15-31-20/h2-4,7-14,20,23-24H,5-6,15-17H2,1H3,(H,27,32)/t20-,23-,24-/m1/s1. The summed E-state index contributed by atoms with van der Waals surface area (Å²) < 4.78 is 13.6. The Labute approximate surface area is 194 Å². The van der Waals surface area contributed by atoms with Crippen molar-refractivity contribution in [3.63, 3.8) is 0 Å². The third-order valence-electron chi connectivity index (χ3n) is 6.30. The van der Waals surface area contributed by atoms with Crippen molar-refractivity contribution in [1.29, 1.82) is 0 Å². The predicted molar refractivity (Wildman–Crippen MR) is 127 cm³/mol. The fraction of sp³-hybridized carbons (Fsp3) is 0.360. The number of hydrogen-bond donors (Lipinski definition) is 1. The van der Waals surface area contributed by atoms with Gasteiger partial charge in [-0.15, -0.1) is 0 Å². The number of ether oxygens (including phenoxy) is 2. The molecule has 5 rings (SSSR count). The van der Waals surface area contributed by atoms with Gasteiger partial charge in [-0.05, 0) is 67.0 Å². The second kappa shape index (κ2) is 9.30. The molecule has 2 aromatic heterocycles. The van der Waals surface area contributed by atoms with Crippen LogP contribution in [0.5, 0.6) is 5.75 Å². The molecular weight excluding hydrogens is 420 g/mol. The van der Waals surface area contributed by atoms with Gasteiger partial charge in [0.05, 0.1) is 31.0 Å². The van der Waals surface area contributed by atoms with Gasteiger partial charge in [-0.25, -0.2) is 0 Å². The molecule has 2 fully saturated rings. The lowest BCUT2D eigenvalue weighted by Crippen LogP contribution is -2.30. The summed E-state index contributed by atoms with van der Waals surface area (Å²) >= 11 is 5.83. The summed E-state index contributed by atoms with van der Waals surface area (Å²) in [5.41, 5.74) is 3.39. The number of hydrogen-bond acceptors (Lipinski definition) is 4. The molecule has 0 amide bonds. The molecule has 166 valence electrons. The molecule has 1 N–H and O–H groups in total. The Morgan fingerprint density at radius 2 is 2.03 bits per heavy atom. The molecule has 4 heterocycles. The summed E-state index contributed by atoms with van der Waals surface area (Å²) in [4.78, 5) is 6.93. The molecule has 32 heavy (non-hydrogen) atoms. The fourth-order valence-electron chi connectivity index (χ4n) is 4.69. The van der Waals surface area contributed by atoms with E-state index in [1.807, 2.05) is 30.5 Å². The van der Waals surface area contributed by atoms with Crippen molar-refractivity contribution in [3.05, 3.63) is 83.9 Å². The Morgan fingerprint density at radius 1 is 1.16 bits per heavy atom. The van der Waals surface area contributed by atoms with Crippen molar-refractivity contribution in [2.24, 2.45) is 0 Å². The normalized spacial score (nSPS) is 22.8. The number of benzene rings is 1. The van der Waals surface area contributed by atoms with Gasteiger partial charge in [0.25, 0.3) is 0 Å². The Bertz CT molecular complexity index is 1050. The highest BCUT2D eigenvalue weighted by molar-refractivity contribution is 7.80. The van der Waals surface area contributed by atoms with E-state index in [0.717, 1.165) is 42.5 Å². The Balaban J connectivity index is 1.49. The molecule has 3 aromatic rings. The van der Waals surface area contributed by atoms with Gasteiger partial charge in [0.1, 0.15) is 5.75 Å².